The summed E-state index contributed by atoms with van der Waals surface area (Å²) in [5.41, 5.74) is 7.30. The molecule has 1 aromatic carbocycles. The molecule has 13 nitrogen and oxygen atoms in total. The molecule has 0 aromatic heterocycles. The summed E-state index contributed by atoms with van der Waals surface area (Å²) in [5.74, 6) is -2.16. The molecule has 2 aliphatic rings. The number of unbranched alkanes of at least 4 members (excludes halogenated alkanes) is 1. The third kappa shape index (κ3) is 10.1. The number of likely N-dealkylation sites (tertiary alicyclic amines) is 1. The van der Waals surface area contributed by atoms with Crippen LogP contribution in [-0.2, 0) is 23.9 Å². The van der Waals surface area contributed by atoms with Gasteiger partial charge >= 0.3 is 12.1 Å². The first-order valence-corrected chi connectivity index (χ1v) is 14.9. The summed E-state index contributed by atoms with van der Waals surface area (Å²) < 4.78 is 10.7. The van der Waals surface area contributed by atoms with E-state index in [0.29, 0.717) is 31.0 Å². The predicted octanol–water partition coefficient (Wildman–Crippen LogP) is 1.94. The Balaban J connectivity index is 1.78. The van der Waals surface area contributed by atoms with E-state index in [4.69, 9.17) is 15.2 Å². The largest absolute Gasteiger partial charge is 0.481 e. The number of aliphatic imine (C=N–C) groups is 1. The van der Waals surface area contributed by atoms with E-state index < -0.39 is 29.9 Å². The van der Waals surface area contributed by atoms with Crippen LogP contribution in [-0.4, -0.2) is 115 Å². The number of carbonyl (C=O) groups is 4. The van der Waals surface area contributed by atoms with Gasteiger partial charge in [-0.15, -0.1) is 0 Å². The van der Waals surface area contributed by atoms with Gasteiger partial charge in [0.05, 0.1) is 12.7 Å². The molecule has 0 radical (unpaired) electrons. The molecule has 2 saturated heterocycles. The highest BCUT2D eigenvalue weighted by molar-refractivity contribution is 6.04. The van der Waals surface area contributed by atoms with E-state index in [2.05, 4.69) is 16.9 Å². The SMILES string of the molecule is C=C(/C=C(\N=C(N)c1ccccc1)C(=O)N[C@@H](CCC(=O)O)C(=O)N1CCN(C(=O)OCCCC)CC1)N1CC[C@H](OC)C1. The van der Waals surface area contributed by atoms with Crippen molar-refractivity contribution in [1.29, 1.82) is 0 Å². The number of hydrogen-bond acceptors (Lipinski definition) is 8. The zero-order valence-electron chi connectivity index (χ0n) is 25.6. The second-order valence-electron chi connectivity index (χ2n) is 10.7. The van der Waals surface area contributed by atoms with Crippen LogP contribution in [0.3, 0.4) is 0 Å². The van der Waals surface area contributed by atoms with Crippen LogP contribution < -0.4 is 11.1 Å². The van der Waals surface area contributed by atoms with E-state index in [0.717, 1.165) is 19.3 Å². The number of nitrogens with two attached hydrogens (primary N) is 1. The monoisotopic (exact) mass is 612 g/mol. The number of nitrogens with one attached hydrogen (secondary N) is 1. The number of carboxylic acid groups (broad SMARTS) is 1. The zero-order chi connectivity index (χ0) is 32.1. The Bertz CT molecular complexity index is 1230. The maximum atomic E-state index is 13.7. The minimum Gasteiger partial charge on any atom is -0.481 e. The molecule has 2 atom stereocenters. The summed E-state index contributed by atoms with van der Waals surface area (Å²) in [6.07, 6.45) is 3.11. The van der Waals surface area contributed by atoms with Gasteiger partial charge in [0.25, 0.3) is 5.91 Å². The van der Waals surface area contributed by atoms with Gasteiger partial charge in [-0.25, -0.2) is 9.79 Å². The smallest absolute Gasteiger partial charge is 0.409 e. The molecule has 0 unspecified atom stereocenters. The number of ether oxygens (including phenoxy) is 2. The summed E-state index contributed by atoms with van der Waals surface area (Å²) >= 11 is 0. The number of amides is 3. The van der Waals surface area contributed by atoms with Crippen molar-refractivity contribution in [2.24, 2.45) is 10.7 Å². The molecule has 3 amide bonds. The number of benzene rings is 1. The fraction of sp³-hybridized carbons (Fsp3) is 0.516. The predicted molar refractivity (Wildman–Crippen MR) is 165 cm³/mol. The Labute approximate surface area is 258 Å². The third-order valence-electron chi connectivity index (χ3n) is 7.55. The van der Waals surface area contributed by atoms with Gasteiger partial charge in [-0.2, -0.15) is 0 Å². The third-order valence-corrected chi connectivity index (χ3v) is 7.55. The molecule has 1 aromatic rings. The number of amidine groups is 1. The second-order valence-corrected chi connectivity index (χ2v) is 10.7. The zero-order valence-corrected chi connectivity index (χ0v) is 25.6. The van der Waals surface area contributed by atoms with Crippen LogP contribution in [0.5, 0.6) is 0 Å². The van der Waals surface area contributed by atoms with E-state index >= 15 is 0 Å². The van der Waals surface area contributed by atoms with Gasteiger partial charge < -0.3 is 40.3 Å². The average Bonchev–Trinajstić information content (AvgIpc) is 3.52. The van der Waals surface area contributed by atoms with Crippen molar-refractivity contribution >= 4 is 29.7 Å². The van der Waals surface area contributed by atoms with Crippen molar-refractivity contribution in [3.63, 3.8) is 0 Å². The number of nitrogens with zero attached hydrogens (tertiary/aromatic N) is 4. The average molecular weight is 613 g/mol. The maximum Gasteiger partial charge on any atom is 0.409 e. The molecule has 2 heterocycles. The molecule has 0 bridgehead atoms. The minimum atomic E-state index is -1.14. The molecule has 240 valence electrons. The van der Waals surface area contributed by atoms with E-state index in [1.165, 1.54) is 15.9 Å². The Morgan fingerprint density at radius 1 is 1.11 bits per heavy atom. The van der Waals surface area contributed by atoms with Crippen LogP contribution in [0, 0.1) is 0 Å². The summed E-state index contributed by atoms with van der Waals surface area (Å²) in [5, 5.41) is 12.0. The lowest BCUT2D eigenvalue weighted by Crippen LogP contribution is -2.56. The number of piperazine rings is 1. The number of carboxylic acids is 1. The van der Waals surface area contributed by atoms with E-state index in [1.54, 1.807) is 31.4 Å². The molecule has 0 spiro atoms. The maximum absolute atomic E-state index is 13.7. The van der Waals surface area contributed by atoms with E-state index in [9.17, 15) is 24.3 Å². The van der Waals surface area contributed by atoms with Crippen molar-refractivity contribution in [3.05, 3.63) is 59.9 Å². The molecule has 44 heavy (non-hydrogen) atoms. The van der Waals surface area contributed by atoms with Gasteiger partial charge in [-0.1, -0.05) is 50.3 Å². The Kier molecular flexibility index (Phi) is 13.2. The normalized spacial score (nSPS) is 18.1. The van der Waals surface area contributed by atoms with Crippen LogP contribution in [0.15, 0.2) is 59.4 Å². The molecule has 2 aliphatic heterocycles. The van der Waals surface area contributed by atoms with Crippen LogP contribution in [0.1, 0.15) is 44.6 Å². The second kappa shape index (κ2) is 17.0. The first-order chi connectivity index (χ1) is 21.1. The van der Waals surface area contributed by atoms with Gasteiger partial charge in [0.15, 0.2) is 0 Å². The highest BCUT2D eigenvalue weighted by Crippen LogP contribution is 2.19. The minimum absolute atomic E-state index is 0.0343. The standard InChI is InChI=1S/C31H44N6O7/c1-4-5-19-44-31(42)36-17-15-35(16-18-36)30(41)25(11-12-27(38)39)34-29(40)26(33-28(32)23-9-7-6-8-10-23)20-22(2)37-14-13-24(21-37)43-3/h6-10,20,24-25H,2,4-5,11-19,21H2,1,3H3,(H2,32,33)(H,34,40)(H,38,39)/b26-20-/t24-,25-/m0/s1. The lowest BCUT2D eigenvalue weighted by atomic mass is 10.1. The van der Waals surface area contributed by atoms with Crippen molar-refractivity contribution in [1.82, 2.24) is 20.0 Å². The lowest BCUT2D eigenvalue weighted by Gasteiger charge is -2.36. The lowest BCUT2D eigenvalue weighted by molar-refractivity contribution is -0.139. The number of rotatable bonds is 14. The van der Waals surface area contributed by atoms with Gasteiger partial charge in [-0.05, 0) is 25.3 Å². The summed E-state index contributed by atoms with van der Waals surface area (Å²) in [6, 6.07) is 7.78. The van der Waals surface area contributed by atoms with Gasteiger partial charge in [0.2, 0.25) is 5.91 Å². The van der Waals surface area contributed by atoms with Crippen molar-refractivity contribution in [2.75, 3.05) is 53.0 Å². The van der Waals surface area contributed by atoms with Crippen LogP contribution in [0.4, 0.5) is 4.79 Å². The van der Waals surface area contributed by atoms with Gasteiger partial charge in [0, 0.05) is 64.1 Å². The quantitative estimate of drug-likeness (QED) is 0.0935. The highest BCUT2D eigenvalue weighted by Gasteiger charge is 2.32. The molecule has 13 heteroatoms. The number of hydrogen-bond donors (Lipinski definition) is 3. The number of carbonyl (C=O) groups excluding carboxylic acids is 3. The Hall–Kier alpha value is -4.39. The fourth-order valence-electron chi connectivity index (χ4n) is 4.86. The van der Waals surface area contributed by atoms with Crippen LogP contribution in [0.2, 0.25) is 0 Å². The molecule has 0 aliphatic carbocycles. The topological polar surface area (TPSA) is 167 Å². The van der Waals surface area contributed by atoms with Gasteiger partial charge in [0.1, 0.15) is 17.6 Å². The summed E-state index contributed by atoms with van der Waals surface area (Å²) in [4.78, 5) is 60.4. The molecule has 0 saturated carbocycles. The van der Waals surface area contributed by atoms with E-state index in [1.807, 2.05) is 17.9 Å². The Morgan fingerprint density at radius 3 is 2.41 bits per heavy atom. The molecular formula is C31H44N6O7. The van der Waals surface area contributed by atoms with E-state index in [-0.39, 0.29) is 56.7 Å². The summed E-state index contributed by atoms with van der Waals surface area (Å²) in [7, 11) is 1.64. The molecular weight excluding hydrogens is 568 g/mol. The van der Waals surface area contributed by atoms with Crippen molar-refractivity contribution in [2.45, 2.75) is 51.2 Å². The molecule has 2 fully saturated rings. The first-order valence-electron chi connectivity index (χ1n) is 14.9. The number of methoxy groups -OCH3 is 1. The first kappa shape index (κ1) is 34.1. The van der Waals surface area contributed by atoms with Gasteiger partial charge in [-0.3, -0.25) is 14.4 Å². The fourth-order valence-corrected chi connectivity index (χ4v) is 4.86. The number of allylic oxidation sites excluding steroid dienone is 1. The summed E-state index contributed by atoms with van der Waals surface area (Å²) in [6.45, 7) is 8.68. The van der Waals surface area contributed by atoms with Crippen LogP contribution in [0.25, 0.3) is 0 Å². The Morgan fingerprint density at radius 2 is 1.80 bits per heavy atom. The number of aliphatic carboxylic acids is 1. The van der Waals surface area contributed by atoms with Crippen LogP contribution >= 0.6 is 0 Å². The molecule has 4 N–H and O–H groups in total. The van der Waals surface area contributed by atoms with Crippen molar-refractivity contribution in [3.8, 4) is 0 Å². The molecule has 3 rings (SSSR count). The highest BCUT2D eigenvalue weighted by atomic mass is 16.6. The van der Waals surface area contributed by atoms with Crippen molar-refractivity contribution < 1.29 is 33.8 Å².